The number of aromatic amines is 2. The number of nitrogens with one attached hydrogen (secondary N) is 2. The van der Waals surface area contributed by atoms with Crippen LogP contribution in [0.2, 0.25) is 0 Å². The Morgan fingerprint density at radius 3 is 2.07 bits per heavy atom. The van der Waals surface area contributed by atoms with Gasteiger partial charge in [0.1, 0.15) is 0 Å². The molecule has 0 spiro atoms. The highest BCUT2D eigenvalue weighted by atomic mass is 16.2. The number of fused-ring (bicyclic) bond motifs is 4. The number of hydrogen-bond acceptors (Lipinski definition) is 6. The number of H-pyrrole nitrogens is 2. The molecule has 0 atom stereocenters. The molecule has 3 aromatic heterocycles. The monoisotopic (exact) mass is 372 g/mol. The smallest absolute Gasteiger partial charge is 0.314 e. The molecule has 0 fully saturated rings. The number of aromatic nitrogens is 4. The molecule has 0 saturated carbocycles. The molecule has 6 N–H and O–H groups in total. The SMILES string of the molecule is Nc1ccc2ncccc2c1N.O=c1[nH]c2ccc3ncccc3c2[nH]c1=O. The van der Waals surface area contributed by atoms with Gasteiger partial charge in [-0.05, 0) is 48.5 Å². The van der Waals surface area contributed by atoms with Crippen LogP contribution in [0.4, 0.5) is 11.4 Å². The zero-order valence-corrected chi connectivity index (χ0v) is 14.6. The highest BCUT2D eigenvalue weighted by Gasteiger charge is 2.03. The molecule has 5 aromatic rings. The van der Waals surface area contributed by atoms with E-state index in [9.17, 15) is 9.59 Å². The molecule has 138 valence electrons. The van der Waals surface area contributed by atoms with Gasteiger partial charge < -0.3 is 21.4 Å². The molecule has 8 nitrogen and oxygen atoms in total. The van der Waals surface area contributed by atoms with Crippen LogP contribution in [0.1, 0.15) is 0 Å². The minimum Gasteiger partial charge on any atom is -0.397 e. The summed E-state index contributed by atoms with van der Waals surface area (Å²) in [6, 6.07) is 14.5. The molecule has 0 radical (unpaired) electrons. The minimum atomic E-state index is -0.649. The lowest BCUT2D eigenvalue weighted by Crippen LogP contribution is -2.28. The fourth-order valence-corrected chi connectivity index (χ4v) is 2.93. The molecule has 2 aromatic carbocycles. The number of nitrogens with zero attached hydrogens (tertiary/aromatic N) is 2. The summed E-state index contributed by atoms with van der Waals surface area (Å²) < 4.78 is 0. The van der Waals surface area contributed by atoms with Crippen LogP contribution in [0, 0.1) is 0 Å². The molecule has 8 heteroatoms. The second-order valence-corrected chi connectivity index (χ2v) is 6.11. The summed E-state index contributed by atoms with van der Waals surface area (Å²) in [5, 5.41) is 1.73. The van der Waals surface area contributed by atoms with E-state index in [2.05, 4.69) is 19.9 Å². The molecule has 5 rings (SSSR count). The Labute approximate surface area is 157 Å². The number of pyridine rings is 2. The van der Waals surface area contributed by atoms with Crippen LogP contribution in [0.15, 0.2) is 70.5 Å². The summed E-state index contributed by atoms with van der Waals surface area (Å²) in [6.07, 6.45) is 3.41. The van der Waals surface area contributed by atoms with Crippen molar-refractivity contribution in [2.45, 2.75) is 0 Å². The number of hydrogen-bond donors (Lipinski definition) is 4. The van der Waals surface area contributed by atoms with Crippen molar-refractivity contribution in [3.8, 4) is 0 Å². The normalized spacial score (nSPS) is 10.7. The summed E-state index contributed by atoms with van der Waals surface area (Å²) in [7, 11) is 0. The largest absolute Gasteiger partial charge is 0.397 e. The molecule has 0 bridgehead atoms. The molecule has 0 amide bonds. The van der Waals surface area contributed by atoms with Gasteiger partial charge in [0.15, 0.2) is 0 Å². The highest BCUT2D eigenvalue weighted by molar-refractivity contribution is 6.01. The number of nitrogen functional groups attached to an aromatic ring is 2. The zero-order chi connectivity index (χ0) is 19.7. The molecule has 3 heterocycles. The van der Waals surface area contributed by atoms with Crippen molar-refractivity contribution in [3.05, 3.63) is 81.6 Å². The van der Waals surface area contributed by atoms with Crippen LogP contribution < -0.4 is 22.6 Å². The van der Waals surface area contributed by atoms with E-state index >= 15 is 0 Å². The molecule has 0 saturated heterocycles. The van der Waals surface area contributed by atoms with E-state index in [1.807, 2.05) is 24.3 Å². The fourth-order valence-electron chi connectivity index (χ4n) is 2.93. The summed E-state index contributed by atoms with van der Waals surface area (Å²) >= 11 is 0. The Bertz CT molecular complexity index is 1440. The molecule has 0 aliphatic rings. The van der Waals surface area contributed by atoms with Gasteiger partial charge in [0.05, 0.1) is 33.4 Å². The third kappa shape index (κ3) is 3.03. The first-order valence-electron chi connectivity index (χ1n) is 8.43. The maximum Gasteiger partial charge on any atom is 0.314 e. The Balaban J connectivity index is 0.000000143. The first kappa shape index (κ1) is 17.2. The van der Waals surface area contributed by atoms with Crippen LogP contribution in [0.5, 0.6) is 0 Å². The second-order valence-electron chi connectivity index (χ2n) is 6.11. The molecule has 0 unspecified atom stereocenters. The van der Waals surface area contributed by atoms with Crippen LogP contribution in [0.25, 0.3) is 32.8 Å². The lowest BCUT2D eigenvalue weighted by molar-refractivity contribution is 1.15. The molecule has 28 heavy (non-hydrogen) atoms. The summed E-state index contributed by atoms with van der Waals surface area (Å²) in [6.45, 7) is 0. The van der Waals surface area contributed by atoms with Gasteiger partial charge in [0, 0.05) is 23.2 Å². The van der Waals surface area contributed by atoms with E-state index < -0.39 is 11.1 Å². The van der Waals surface area contributed by atoms with Crippen LogP contribution >= 0.6 is 0 Å². The topological polar surface area (TPSA) is 144 Å². The summed E-state index contributed by atoms with van der Waals surface area (Å²) in [4.78, 5) is 35.8. The Morgan fingerprint density at radius 2 is 1.32 bits per heavy atom. The van der Waals surface area contributed by atoms with Gasteiger partial charge in [-0.2, -0.15) is 0 Å². The maximum atomic E-state index is 11.3. The van der Waals surface area contributed by atoms with Crippen LogP contribution in [-0.4, -0.2) is 19.9 Å². The van der Waals surface area contributed by atoms with Crippen LogP contribution in [0.3, 0.4) is 0 Å². The van der Waals surface area contributed by atoms with Gasteiger partial charge in [-0.3, -0.25) is 19.6 Å². The Hall–Kier alpha value is -4.20. The number of anilines is 2. The predicted octanol–water partition coefficient (Wildman–Crippen LogP) is 2.16. The van der Waals surface area contributed by atoms with Crippen LogP contribution in [-0.2, 0) is 0 Å². The average Bonchev–Trinajstić information content (AvgIpc) is 2.72. The molecular formula is C20H16N6O2. The number of benzene rings is 2. The first-order chi connectivity index (χ1) is 13.5. The highest BCUT2D eigenvalue weighted by Crippen LogP contribution is 2.24. The fraction of sp³-hybridized carbons (Fsp3) is 0. The van der Waals surface area contributed by atoms with E-state index in [1.165, 1.54) is 0 Å². The summed E-state index contributed by atoms with van der Waals surface area (Å²) in [5.41, 5.74) is 14.2. The maximum absolute atomic E-state index is 11.3. The Kier molecular flexibility index (Phi) is 4.21. The molecular weight excluding hydrogens is 356 g/mol. The van der Waals surface area contributed by atoms with E-state index in [1.54, 1.807) is 36.7 Å². The predicted molar refractivity (Wildman–Crippen MR) is 111 cm³/mol. The van der Waals surface area contributed by atoms with Crippen molar-refractivity contribution in [1.29, 1.82) is 0 Å². The minimum absolute atomic E-state index is 0.602. The summed E-state index contributed by atoms with van der Waals surface area (Å²) in [5.74, 6) is 0. The van der Waals surface area contributed by atoms with E-state index in [0.29, 0.717) is 22.4 Å². The van der Waals surface area contributed by atoms with Crippen molar-refractivity contribution < 1.29 is 0 Å². The molecule has 0 aliphatic carbocycles. The van der Waals surface area contributed by atoms with Gasteiger partial charge in [-0.25, -0.2) is 0 Å². The van der Waals surface area contributed by atoms with Gasteiger partial charge in [-0.1, -0.05) is 0 Å². The zero-order valence-electron chi connectivity index (χ0n) is 14.6. The first-order valence-corrected chi connectivity index (χ1v) is 8.43. The van der Waals surface area contributed by atoms with Gasteiger partial charge >= 0.3 is 11.1 Å². The van der Waals surface area contributed by atoms with E-state index in [0.717, 1.165) is 21.8 Å². The molecule has 0 aliphatic heterocycles. The van der Waals surface area contributed by atoms with Crippen molar-refractivity contribution in [2.24, 2.45) is 0 Å². The quantitative estimate of drug-likeness (QED) is 0.186. The standard InChI is InChI=1S/C11H7N3O2.C9H9N3/c15-10-11(16)14-9-6-2-1-5-12-7(6)3-4-8(9)13-10;10-7-3-4-8-6(9(7)11)2-1-5-12-8/h1-5H,(H,13,15)(H,14,16);1-5H,10-11H2. The Morgan fingerprint density at radius 1 is 0.714 bits per heavy atom. The van der Waals surface area contributed by atoms with Crippen molar-refractivity contribution in [2.75, 3.05) is 11.5 Å². The van der Waals surface area contributed by atoms with E-state index in [4.69, 9.17) is 11.5 Å². The second kappa shape index (κ2) is 6.84. The lowest BCUT2D eigenvalue weighted by atomic mass is 10.1. The number of nitrogens with two attached hydrogens (primary N) is 2. The van der Waals surface area contributed by atoms with Crippen molar-refractivity contribution in [1.82, 2.24) is 19.9 Å². The number of rotatable bonds is 0. The third-order valence-corrected chi connectivity index (χ3v) is 4.34. The van der Waals surface area contributed by atoms with Crippen molar-refractivity contribution >= 4 is 44.2 Å². The van der Waals surface area contributed by atoms with Gasteiger partial charge in [0.2, 0.25) is 0 Å². The van der Waals surface area contributed by atoms with Crippen molar-refractivity contribution in [3.63, 3.8) is 0 Å². The lowest BCUT2D eigenvalue weighted by Gasteiger charge is -2.02. The third-order valence-electron chi connectivity index (χ3n) is 4.34. The average molecular weight is 372 g/mol. The van der Waals surface area contributed by atoms with Gasteiger partial charge in [0.25, 0.3) is 0 Å². The van der Waals surface area contributed by atoms with E-state index in [-0.39, 0.29) is 0 Å². The van der Waals surface area contributed by atoms with Gasteiger partial charge in [-0.15, -0.1) is 0 Å².